The van der Waals surface area contributed by atoms with Crippen molar-refractivity contribution in [2.45, 2.75) is 39.3 Å². The van der Waals surface area contributed by atoms with E-state index in [4.69, 9.17) is 17.3 Å². The lowest BCUT2D eigenvalue weighted by molar-refractivity contribution is 0.499. The van der Waals surface area contributed by atoms with Gasteiger partial charge in [-0.05, 0) is 37.5 Å². The zero-order valence-corrected chi connectivity index (χ0v) is 12.2. The number of rotatable bonds is 4. The summed E-state index contributed by atoms with van der Waals surface area (Å²) < 4.78 is 1.88. The lowest BCUT2D eigenvalue weighted by atomic mass is 9.99. The normalized spacial score (nSPS) is 12.9. The Balaban J connectivity index is 2.50. The fourth-order valence-corrected chi connectivity index (χ4v) is 2.49. The molecule has 0 bridgehead atoms. The Bertz CT molecular complexity index is 562. The lowest BCUT2D eigenvalue weighted by Gasteiger charge is -2.19. The van der Waals surface area contributed by atoms with Gasteiger partial charge in [-0.25, -0.2) is 0 Å². The van der Waals surface area contributed by atoms with Crippen molar-refractivity contribution in [3.8, 4) is 0 Å². The molecule has 0 saturated carbocycles. The number of aryl methyl sites for hydroxylation is 1. The molecule has 1 unspecified atom stereocenters. The molecule has 2 aromatic rings. The predicted octanol–water partition coefficient (Wildman–Crippen LogP) is 3.12. The van der Waals surface area contributed by atoms with Crippen LogP contribution in [0.1, 0.15) is 49.7 Å². The highest BCUT2D eigenvalue weighted by molar-refractivity contribution is 6.31. The number of nitrogens with two attached hydrogens (primary N) is 1. The first-order valence-electron chi connectivity index (χ1n) is 6.47. The Morgan fingerprint density at radius 3 is 2.74 bits per heavy atom. The summed E-state index contributed by atoms with van der Waals surface area (Å²) in [5.41, 5.74) is 9.46. The van der Waals surface area contributed by atoms with Gasteiger partial charge in [0.15, 0.2) is 0 Å². The summed E-state index contributed by atoms with van der Waals surface area (Å²) >= 11 is 6.25. The van der Waals surface area contributed by atoms with E-state index in [0.29, 0.717) is 5.02 Å². The van der Waals surface area contributed by atoms with Crippen LogP contribution in [0.15, 0.2) is 24.7 Å². The van der Waals surface area contributed by atoms with Gasteiger partial charge >= 0.3 is 0 Å². The van der Waals surface area contributed by atoms with Crippen molar-refractivity contribution < 1.29 is 0 Å². The van der Waals surface area contributed by atoms with E-state index in [9.17, 15) is 0 Å². The highest BCUT2D eigenvalue weighted by Gasteiger charge is 2.21. The average molecular weight is 279 g/mol. The van der Waals surface area contributed by atoms with Crippen molar-refractivity contribution in [2.24, 2.45) is 5.73 Å². The second-order valence-electron chi connectivity index (χ2n) is 4.82. The molecule has 0 amide bonds. The van der Waals surface area contributed by atoms with Crippen LogP contribution in [-0.4, -0.2) is 14.8 Å². The van der Waals surface area contributed by atoms with E-state index in [0.717, 1.165) is 23.2 Å². The van der Waals surface area contributed by atoms with Crippen LogP contribution in [-0.2, 0) is 6.42 Å². The summed E-state index contributed by atoms with van der Waals surface area (Å²) in [7, 11) is 0. The SMILES string of the molecule is CCc1cnccc1C(N)c1c(Cl)cnn1C(C)C. The number of hydrogen-bond donors (Lipinski definition) is 1. The smallest absolute Gasteiger partial charge is 0.0837 e. The third kappa shape index (κ3) is 2.65. The molecule has 0 aliphatic heterocycles. The monoisotopic (exact) mass is 278 g/mol. The molecule has 2 rings (SSSR count). The fourth-order valence-electron chi connectivity index (χ4n) is 2.24. The molecule has 5 heteroatoms. The van der Waals surface area contributed by atoms with Crippen molar-refractivity contribution in [1.82, 2.24) is 14.8 Å². The third-order valence-electron chi connectivity index (χ3n) is 3.23. The van der Waals surface area contributed by atoms with Gasteiger partial charge in [0.25, 0.3) is 0 Å². The molecule has 1 atom stereocenters. The molecule has 0 fully saturated rings. The largest absolute Gasteiger partial charge is 0.319 e. The van der Waals surface area contributed by atoms with Gasteiger partial charge in [0.1, 0.15) is 0 Å². The van der Waals surface area contributed by atoms with Crippen molar-refractivity contribution in [2.75, 3.05) is 0 Å². The molecule has 2 N–H and O–H groups in total. The van der Waals surface area contributed by atoms with Crippen LogP contribution in [0, 0.1) is 0 Å². The third-order valence-corrected chi connectivity index (χ3v) is 3.52. The topological polar surface area (TPSA) is 56.7 Å². The molecular formula is C14H19ClN4. The Morgan fingerprint density at radius 2 is 2.11 bits per heavy atom. The van der Waals surface area contributed by atoms with Gasteiger partial charge in [-0.15, -0.1) is 0 Å². The Morgan fingerprint density at radius 1 is 1.37 bits per heavy atom. The Labute approximate surface area is 118 Å². The number of hydrogen-bond acceptors (Lipinski definition) is 3. The summed E-state index contributed by atoms with van der Waals surface area (Å²) in [5.74, 6) is 0. The van der Waals surface area contributed by atoms with Crippen LogP contribution in [0.25, 0.3) is 0 Å². The van der Waals surface area contributed by atoms with Gasteiger partial charge in [-0.1, -0.05) is 18.5 Å². The first-order valence-corrected chi connectivity index (χ1v) is 6.85. The minimum atomic E-state index is -0.282. The standard InChI is InChI=1S/C14H19ClN4/c1-4-10-7-17-6-5-11(10)13(16)14-12(15)8-18-19(14)9(2)3/h5-9,13H,4,16H2,1-3H3. The van der Waals surface area contributed by atoms with E-state index < -0.39 is 0 Å². The maximum Gasteiger partial charge on any atom is 0.0837 e. The minimum Gasteiger partial charge on any atom is -0.319 e. The molecule has 0 aliphatic rings. The van der Waals surface area contributed by atoms with Crippen LogP contribution in [0.4, 0.5) is 0 Å². The Kier molecular flexibility index (Phi) is 4.22. The van der Waals surface area contributed by atoms with Crippen LogP contribution < -0.4 is 5.73 Å². The van der Waals surface area contributed by atoms with Gasteiger partial charge in [0.05, 0.1) is 23.0 Å². The predicted molar refractivity (Wildman–Crippen MR) is 77.3 cm³/mol. The van der Waals surface area contributed by atoms with Gasteiger partial charge in [0, 0.05) is 18.4 Å². The first kappa shape index (κ1) is 14.0. The summed E-state index contributed by atoms with van der Waals surface area (Å²) in [6.45, 7) is 6.22. The first-order chi connectivity index (χ1) is 9.06. The molecule has 0 radical (unpaired) electrons. The molecular weight excluding hydrogens is 260 g/mol. The van der Waals surface area contributed by atoms with E-state index in [1.54, 1.807) is 12.4 Å². The van der Waals surface area contributed by atoms with Gasteiger partial charge in [-0.3, -0.25) is 9.67 Å². The van der Waals surface area contributed by atoms with E-state index >= 15 is 0 Å². The molecule has 2 aromatic heterocycles. The summed E-state index contributed by atoms with van der Waals surface area (Å²) in [4.78, 5) is 4.15. The maximum atomic E-state index is 6.40. The molecule has 0 aliphatic carbocycles. The quantitative estimate of drug-likeness (QED) is 0.935. The fraction of sp³-hybridized carbons (Fsp3) is 0.429. The van der Waals surface area contributed by atoms with Crippen LogP contribution >= 0.6 is 11.6 Å². The number of halogens is 1. The summed E-state index contributed by atoms with van der Waals surface area (Å²) in [6, 6.07) is 1.90. The van der Waals surface area contributed by atoms with Gasteiger partial charge in [-0.2, -0.15) is 5.10 Å². The highest BCUT2D eigenvalue weighted by Crippen LogP contribution is 2.29. The highest BCUT2D eigenvalue weighted by atomic mass is 35.5. The van der Waals surface area contributed by atoms with E-state index in [1.807, 2.05) is 16.9 Å². The Hall–Kier alpha value is -1.39. The van der Waals surface area contributed by atoms with E-state index in [-0.39, 0.29) is 12.1 Å². The van der Waals surface area contributed by atoms with Gasteiger partial charge < -0.3 is 5.73 Å². The zero-order chi connectivity index (χ0) is 14.0. The zero-order valence-electron chi connectivity index (χ0n) is 11.5. The van der Waals surface area contributed by atoms with Crippen molar-refractivity contribution in [3.63, 3.8) is 0 Å². The van der Waals surface area contributed by atoms with Crippen LogP contribution in [0.3, 0.4) is 0 Å². The molecule has 0 aromatic carbocycles. The van der Waals surface area contributed by atoms with Crippen molar-refractivity contribution in [3.05, 3.63) is 46.5 Å². The van der Waals surface area contributed by atoms with Crippen molar-refractivity contribution >= 4 is 11.6 Å². The second kappa shape index (κ2) is 5.72. The number of nitrogens with zero attached hydrogens (tertiary/aromatic N) is 3. The second-order valence-corrected chi connectivity index (χ2v) is 5.23. The van der Waals surface area contributed by atoms with E-state index in [1.165, 1.54) is 0 Å². The average Bonchev–Trinajstić information content (AvgIpc) is 2.80. The minimum absolute atomic E-state index is 0.223. The van der Waals surface area contributed by atoms with Crippen molar-refractivity contribution in [1.29, 1.82) is 0 Å². The molecule has 0 spiro atoms. The molecule has 0 saturated heterocycles. The molecule has 19 heavy (non-hydrogen) atoms. The summed E-state index contributed by atoms with van der Waals surface area (Å²) in [6.07, 6.45) is 6.17. The molecule has 4 nitrogen and oxygen atoms in total. The summed E-state index contributed by atoms with van der Waals surface area (Å²) in [5, 5.41) is 4.92. The maximum absolute atomic E-state index is 6.40. The lowest BCUT2D eigenvalue weighted by Crippen LogP contribution is -2.20. The molecule has 2 heterocycles. The van der Waals surface area contributed by atoms with Crippen LogP contribution in [0.2, 0.25) is 5.02 Å². The van der Waals surface area contributed by atoms with Crippen LogP contribution in [0.5, 0.6) is 0 Å². The van der Waals surface area contributed by atoms with E-state index in [2.05, 4.69) is 30.9 Å². The van der Waals surface area contributed by atoms with Gasteiger partial charge in [0.2, 0.25) is 0 Å². The molecule has 102 valence electrons. The number of pyridine rings is 1. The number of aromatic nitrogens is 3.